The van der Waals surface area contributed by atoms with Crippen molar-refractivity contribution in [3.63, 3.8) is 0 Å². The van der Waals surface area contributed by atoms with E-state index < -0.39 is 0 Å². The first-order valence-corrected chi connectivity index (χ1v) is 7.34. The Morgan fingerprint density at radius 3 is 2.62 bits per heavy atom. The Morgan fingerprint density at radius 1 is 1.19 bits per heavy atom. The Labute approximate surface area is 123 Å². The Bertz CT molecular complexity index is 576. The number of nitrogens with zero attached hydrogens (tertiary/aromatic N) is 3. The lowest BCUT2D eigenvalue weighted by molar-refractivity contribution is 0.352. The van der Waals surface area contributed by atoms with E-state index in [9.17, 15) is 5.11 Å². The molecule has 2 heterocycles. The quantitative estimate of drug-likeness (QED) is 0.894. The van der Waals surface area contributed by atoms with Crippen LogP contribution in [0.3, 0.4) is 0 Å². The predicted molar refractivity (Wildman–Crippen MR) is 79.1 cm³/mol. The summed E-state index contributed by atoms with van der Waals surface area (Å²) in [5, 5.41) is 13.3. The van der Waals surface area contributed by atoms with Gasteiger partial charge in [0.15, 0.2) is 0 Å². The zero-order valence-electron chi connectivity index (χ0n) is 11.9. The Kier molecular flexibility index (Phi) is 4.06. The van der Waals surface area contributed by atoms with E-state index in [0.717, 1.165) is 18.7 Å². The van der Waals surface area contributed by atoms with Crippen LogP contribution in [0.25, 0.3) is 0 Å². The van der Waals surface area contributed by atoms with Crippen LogP contribution in [0.2, 0.25) is 0 Å². The Morgan fingerprint density at radius 2 is 1.90 bits per heavy atom. The standard InChI is InChI=1S/C15H20N4O2/c16-13(10-11-4-6-12(20)7-5-11)14-17-15(18-21-14)19-8-2-1-3-9-19/h4-7,13,20H,1-3,8-10,16H2/t13-/m0/s1. The molecule has 0 saturated carbocycles. The lowest BCUT2D eigenvalue weighted by Gasteiger charge is -2.24. The van der Waals surface area contributed by atoms with Crippen molar-refractivity contribution in [3.05, 3.63) is 35.7 Å². The first-order valence-electron chi connectivity index (χ1n) is 7.34. The molecule has 1 aromatic heterocycles. The summed E-state index contributed by atoms with van der Waals surface area (Å²) in [6.45, 7) is 1.96. The fraction of sp³-hybridized carbons (Fsp3) is 0.467. The van der Waals surface area contributed by atoms with Gasteiger partial charge >= 0.3 is 0 Å². The first kappa shape index (κ1) is 13.9. The summed E-state index contributed by atoms with van der Waals surface area (Å²) >= 11 is 0. The van der Waals surface area contributed by atoms with Crippen LogP contribution in [0.4, 0.5) is 5.95 Å². The van der Waals surface area contributed by atoms with Crippen molar-refractivity contribution >= 4 is 5.95 Å². The third-order valence-electron chi connectivity index (χ3n) is 3.78. The molecule has 1 aromatic carbocycles. The maximum Gasteiger partial charge on any atom is 0.266 e. The topological polar surface area (TPSA) is 88.4 Å². The van der Waals surface area contributed by atoms with Gasteiger partial charge in [-0.1, -0.05) is 12.1 Å². The zero-order valence-corrected chi connectivity index (χ0v) is 11.9. The second-order valence-corrected chi connectivity index (χ2v) is 5.46. The smallest absolute Gasteiger partial charge is 0.266 e. The van der Waals surface area contributed by atoms with Crippen LogP contribution < -0.4 is 10.6 Å². The molecule has 1 atom stereocenters. The molecule has 2 aromatic rings. The molecule has 0 spiro atoms. The van der Waals surface area contributed by atoms with Crippen LogP contribution in [-0.4, -0.2) is 28.3 Å². The van der Waals surface area contributed by atoms with Crippen molar-refractivity contribution < 1.29 is 9.63 Å². The number of nitrogens with two attached hydrogens (primary N) is 1. The molecule has 3 rings (SSSR count). The van der Waals surface area contributed by atoms with Gasteiger partial charge in [0, 0.05) is 13.1 Å². The molecule has 0 unspecified atom stereocenters. The van der Waals surface area contributed by atoms with Gasteiger partial charge in [-0.3, -0.25) is 0 Å². The highest BCUT2D eigenvalue weighted by Crippen LogP contribution is 2.21. The van der Waals surface area contributed by atoms with E-state index in [1.165, 1.54) is 19.3 Å². The number of benzene rings is 1. The summed E-state index contributed by atoms with van der Waals surface area (Å²) in [7, 11) is 0. The number of aromatic hydroxyl groups is 1. The maximum atomic E-state index is 9.28. The molecule has 0 radical (unpaired) electrons. The monoisotopic (exact) mass is 288 g/mol. The van der Waals surface area contributed by atoms with Crippen molar-refractivity contribution in [2.45, 2.75) is 31.7 Å². The summed E-state index contributed by atoms with van der Waals surface area (Å²) in [5.41, 5.74) is 7.16. The number of aromatic nitrogens is 2. The van der Waals surface area contributed by atoms with Crippen LogP contribution in [0.15, 0.2) is 28.8 Å². The number of phenols is 1. The summed E-state index contributed by atoms with van der Waals surface area (Å²) in [5.74, 6) is 1.35. The van der Waals surface area contributed by atoms with E-state index in [1.807, 2.05) is 12.1 Å². The second kappa shape index (κ2) is 6.13. The van der Waals surface area contributed by atoms with Gasteiger partial charge in [0.1, 0.15) is 5.75 Å². The van der Waals surface area contributed by atoms with Gasteiger partial charge in [0.2, 0.25) is 5.89 Å². The molecule has 0 bridgehead atoms. The lowest BCUT2D eigenvalue weighted by Crippen LogP contribution is -2.30. The summed E-state index contributed by atoms with van der Waals surface area (Å²) in [4.78, 5) is 6.56. The molecule has 0 amide bonds. The highest BCUT2D eigenvalue weighted by atomic mass is 16.5. The third-order valence-corrected chi connectivity index (χ3v) is 3.78. The largest absolute Gasteiger partial charge is 0.508 e. The van der Waals surface area contributed by atoms with Crippen LogP contribution in [0.1, 0.15) is 36.8 Å². The number of anilines is 1. The van der Waals surface area contributed by atoms with Gasteiger partial charge < -0.3 is 20.3 Å². The van der Waals surface area contributed by atoms with Crippen LogP contribution >= 0.6 is 0 Å². The van der Waals surface area contributed by atoms with Gasteiger partial charge in [0.05, 0.1) is 6.04 Å². The number of hydrogen-bond acceptors (Lipinski definition) is 6. The molecular weight excluding hydrogens is 268 g/mol. The molecular formula is C15H20N4O2. The fourth-order valence-electron chi connectivity index (χ4n) is 2.57. The van der Waals surface area contributed by atoms with Gasteiger partial charge in [-0.25, -0.2) is 0 Å². The summed E-state index contributed by atoms with van der Waals surface area (Å²) in [6.07, 6.45) is 4.20. The third kappa shape index (κ3) is 3.33. The molecule has 3 N–H and O–H groups in total. The molecule has 0 aliphatic carbocycles. The van der Waals surface area contributed by atoms with Crippen molar-refractivity contribution in [2.24, 2.45) is 5.73 Å². The Hall–Kier alpha value is -2.08. The molecule has 21 heavy (non-hydrogen) atoms. The van der Waals surface area contributed by atoms with E-state index in [0.29, 0.717) is 18.3 Å². The second-order valence-electron chi connectivity index (χ2n) is 5.46. The highest BCUT2D eigenvalue weighted by Gasteiger charge is 2.20. The fourth-order valence-corrected chi connectivity index (χ4v) is 2.57. The highest BCUT2D eigenvalue weighted by molar-refractivity contribution is 5.29. The number of hydrogen-bond donors (Lipinski definition) is 2. The van der Waals surface area contributed by atoms with E-state index in [4.69, 9.17) is 10.3 Å². The van der Waals surface area contributed by atoms with Crippen LogP contribution in [-0.2, 0) is 6.42 Å². The van der Waals surface area contributed by atoms with Crippen molar-refractivity contribution in [1.29, 1.82) is 0 Å². The van der Waals surface area contributed by atoms with E-state index >= 15 is 0 Å². The minimum atomic E-state index is -0.333. The van der Waals surface area contributed by atoms with E-state index in [1.54, 1.807) is 12.1 Å². The minimum absolute atomic E-state index is 0.248. The van der Waals surface area contributed by atoms with Crippen LogP contribution in [0, 0.1) is 0 Å². The average Bonchev–Trinajstić information content (AvgIpc) is 3.00. The van der Waals surface area contributed by atoms with Gasteiger partial charge in [-0.05, 0) is 48.5 Å². The zero-order chi connectivity index (χ0) is 14.7. The molecule has 1 aliphatic heterocycles. The van der Waals surface area contributed by atoms with E-state index in [-0.39, 0.29) is 11.8 Å². The normalized spacial score (nSPS) is 16.9. The number of piperidine rings is 1. The summed E-state index contributed by atoms with van der Waals surface area (Å²) < 4.78 is 5.30. The SMILES string of the molecule is N[C@@H](Cc1ccc(O)cc1)c1nc(N2CCCCC2)no1. The molecule has 6 nitrogen and oxygen atoms in total. The maximum absolute atomic E-state index is 9.28. The van der Waals surface area contributed by atoms with Gasteiger partial charge in [-0.15, -0.1) is 0 Å². The lowest BCUT2D eigenvalue weighted by atomic mass is 10.1. The van der Waals surface area contributed by atoms with E-state index in [2.05, 4.69) is 15.0 Å². The van der Waals surface area contributed by atoms with Crippen molar-refractivity contribution in [3.8, 4) is 5.75 Å². The van der Waals surface area contributed by atoms with Crippen LogP contribution in [0.5, 0.6) is 5.75 Å². The molecule has 1 fully saturated rings. The van der Waals surface area contributed by atoms with Gasteiger partial charge in [-0.2, -0.15) is 4.98 Å². The molecule has 6 heteroatoms. The number of rotatable bonds is 4. The number of phenolic OH excluding ortho intramolecular Hbond substituents is 1. The van der Waals surface area contributed by atoms with Crippen molar-refractivity contribution in [2.75, 3.05) is 18.0 Å². The minimum Gasteiger partial charge on any atom is -0.508 e. The average molecular weight is 288 g/mol. The molecule has 1 saturated heterocycles. The predicted octanol–water partition coefficient (Wildman–Crippen LogP) is 2.01. The van der Waals surface area contributed by atoms with Gasteiger partial charge in [0.25, 0.3) is 5.95 Å². The Balaban J connectivity index is 1.65. The molecule has 112 valence electrons. The van der Waals surface area contributed by atoms with Crippen molar-refractivity contribution in [1.82, 2.24) is 10.1 Å². The first-order chi connectivity index (χ1) is 10.2. The summed E-state index contributed by atoms with van der Waals surface area (Å²) in [6, 6.07) is 6.65. The molecule has 1 aliphatic rings.